The van der Waals surface area contributed by atoms with Gasteiger partial charge in [0.25, 0.3) is 0 Å². The number of likely N-dealkylation sites (N-methyl/N-ethyl adjacent to an activating group) is 1. The van der Waals surface area contributed by atoms with Gasteiger partial charge in [0.05, 0.1) is 0 Å². The number of aliphatic carboxylic acids is 1. The molecule has 3 nitrogen and oxygen atoms in total. The van der Waals surface area contributed by atoms with Crippen LogP contribution in [0.15, 0.2) is 0 Å². The first-order valence-electron chi connectivity index (χ1n) is 3.86. The third-order valence-corrected chi connectivity index (χ3v) is 2.18. The predicted octanol–water partition coefficient (Wildman–Crippen LogP) is 1.19. The largest absolute Gasteiger partial charge is 0.480 e. The lowest BCUT2D eigenvalue weighted by molar-refractivity contribution is -0.149. The highest BCUT2D eigenvalue weighted by molar-refractivity contribution is 5.78. The first-order chi connectivity index (χ1) is 4.95. The van der Waals surface area contributed by atoms with Gasteiger partial charge >= 0.3 is 5.97 Å². The lowest BCUT2D eigenvalue weighted by Crippen LogP contribution is -2.48. The zero-order valence-electron chi connectivity index (χ0n) is 7.72. The van der Waals surface area contributed by atoms with Gasteiger partial charge < -0.3 is 5.11 Å². The van der Waals surface area contributed by atoms with E-state index in [2.05, 4.69) is 0 Å². The van der Waals surface area contributed by atoms with Crippen LogP contribution in [0.3, 0.4) is 0 Å². The first-order valence-corrected chi connectivity index (χ1v) is 3.86. The van der Waals surface area contributed by atoms with E-state index in [0.717, 1.165) is 6.42 Å². The van der Waals surface area contributed by atoms with Crippen LogP contribution in [0.1, 0.15) is 26.7 Å². The molecule has 0 heterocycles. The van der Waals surface area contributed by atoms with Gasteiger partial charge in [-0.1, -0.05) is 13.3 Å². The molecule has 3 heteroatoms. The van der Waals surface area contributed by atoms with Crippen molar-refractivity contribution in [3.8, 4) is 0 Å². The molecule has 0 aromatic carbocycles. The Labute approximate surface area is 68.0 Å². The maximum atomic E-state index is 10.8. The SMILES string of the molecule is CCCC(C)(C(=O)O)N(C)C. The quantitative estimate of drug-likeness (QED) is 0.670. The van der Waals surface area contributed by atoms with Crippen LogP contribution in [0.2, 0.25) is 0 Å². The second-order valence-corrected chi connectivity index (χ2v) is 3.22. The Hall–Kier alpha value is -0.570. The summed E-state index contributed by atoms with van der Waals surface area (Å²) in [6, 6.07) is 0. The van der Waals surface area contributed by atoms with Crippen LogP contribution in [0.25, 0.3) is 0 Å². The van der Waals surface area contributed by atoms with Crippen molar-refractivity contribution in [3.63, 3.8) is 0 Å². The van der Waals surface area contributed by atoms with E-state index < -0.39 is 11.5 Å². The molecular formula is C8H17NO2. The van der Waals surface area contributed by atoms with Gasteiger partial charge in [0.15, 0.2) is 0 Å². The summed E-state index contributed by atoms with van der Waals surface area (Å²) in [6.45, 7) is 3.74. The fourth-order valence-electron chi connectivity index (χ4n) is 1.01. The average molecular weight is 159 g/mol. The molecule has 0 saturated carbocycles. The highest BCUT2D eigenvalue weighted by Gasteiger charge is 2.34. The van der Waals surface area contributed by atoms with E-state index in [1.807, 2.05) is 6.92 Å². The van der Waals surface area contributed by atoms with Crippen LogP contribution in [-0.4, -0.2) is 35.6 Å². The molecule has 11 heavy (non-hydrogen) atoms. The molecule has 0 aliphatic carbocycles. The third kappa shape index (κ3) is 2.19. The number of hydrogen-bond acceptors (Lipinski definition) is 2. The van der Waals surface area contributed by atoms with Crippen molar-refractivity contribution in [3.05, 3.63) is 0 Å². The monoisotopic (exact) mass is 159 g/mol. The van der Waals surface area contributed by atoms with Crippen molar-refractivity contribution < 1.29 is 9.90 Å². The van der Waals surface area contributed by atoms with Gasteiger partial charge in [0, 0.05) is 0 Å². The minimum atomic E-state index is -0.746. The smallest absolute Gasteiger partial charge is 0.323 e. The van der Waals surface area contributed by atoms with Gasteiger partial charge in [-0.15, -0.1) is 0 Å². The highest BCUT2D eigenvalue weighted by atomic mass is 16.4. The minimum Gasteiger partial charge on any atom is -0.480 e. The maximum absolute atomic E-state index is 10.8. The van der Waals surface area contributed by atoms with E-state index in [1.54, 1.807) is 25.9 Å². The van der Waals surface area contributed by atoms with Gasteiger partial charge in [-0.05, 0) is 27.4 Å². The molecule has 0 saturated heterocycles. The van der Waals surface area contributed by atoms with Gasteiger partial charge in [-0.25, -0.2) is 0 Å². The summed E-state index contributed by atoms with van der Waals surface area (Å²) in [6.07, 6.45) is 1.58. The zero-order valence-corrected chi connectivity index (χ0v) is 7.72. The Kier molecular flexibility index (Phi) is 3.52. The molecule has 66 valence electrons. The molecule has 0 rings (SSSR count). The molecule has 0 aliphatic heterocycles. The topological polar surface area (TPSA) is 40.5 Å². The van der Waals surface area contributed by atoms with Gasteiger partial charge in [0.2, 0.25) is 0 Å². The number of hydrogen-bond donors (Lipinski definition) is 1. The maximum Gasteiger partial charge on any atom is 0.323 e. The van der Waals surface area contributed by atoms with Gasteiger partial charge in [0.1, 0.15) is 5.54 Å². The van der Waals surface area contributed by atoms with Crippen LogP contribution in [0, 0.1) is 0 Å². The van der Waals surface area contributed by atoms with E-state index in [1.165, 1.54) is 0 Å². The summed E-state index contributed by atoms with van der Waals surface area (Å²) in [4.78, 5) is 12.6. The van der Waals surface area contributed by atoms with Crippen molar-refractivity contribution in [2.45, 2.75) is 32.2 Å². The van der Waals surface area contributed by atoms with Crippen LogP contribution in [0.5, 0.6) is 0 Å². The summed E-state index contributed by atoms with van der Waals surface area (Å²) < 4.78 is 0. The molecule has 0 aromatic heterocycles. The van der Waals surface area contributed by atoms with Crippen molar-refractivity contribution in [2.75, 3.05) is 14.1 Å². The molecule has 0 fully saturated rings. The normalized spacial score (nSPS) is 16.5. The predicted molar refractivity (Wildman–Crippen MR) is 44.6 cm³/mol. The molecule has 0 bridgehead atoms. The van der Waals surface area contributed by atoms with Crippen LogP contribution >= 0.6 is 0 Å². The minimum absolute atomic E-state index is 0.690. The molecule has 1 unspecified atom stereocenters. The van der Waals surface area contributed by atoms with Crippen molar-refractivity contribution >= 4 is 5.97 Å². The fraction of sp³-hybridized carbons (Fsp3) is 0.875. The van der Waals surface area contributed by atoms with Crippen molar-refractivity contribution in [1.82, 2.24) is 4.90 Å². The Morgan fingerprint density at radius 2 is 2.00 bits per heavy atom. The van der Waals surface area contributed by atoms with Crippen LogP contribution in [0.4, 0.5) is 0 Å². The summed E-state index contributed by atoms with van der Waals surface area (Å²) in [5, 5.41) is 8.89. The fourth-order valence-corrected chi connectivity index (χ4v) is 1.01. The molecular weight excluding hydrogens is 142 g/mol. The molecule has 0 radical (unpaired) electrons. The van der Waals surface area contributed by atoms with Crippen molar-refractivity contribution in [1.29, 1.82) is 0 Å². The zero-order chi connectivity index (χ0) is 9.07. The lowest BCUT2D eigenvalue weighted by Gasteiger charge is -2.31. The second kappa shape index (κ2) is 3.72. The van der Waals surface area contributed by atoms with E-state index >= 15 is 0 Å². The molecule has 0 amide bonds. The summed E-state index contributed by atoms with van der Waals surface area (Å²) >= 11 is 0. The van der Waals surface area contributed by atoms with E-state index in [0.29, 0.717) is 6.42 Å². The highest BCUT2D eigenvalue weighted by Crippen LogP contribution is 2.18. The van der Waals surface area contributed by atoms with E-state index in [9.17, 15) is 4.79 Å². The third-order valence-electron chi connectivity index (χ3n) is 2.18. The lowest BCUT2D eigenvalue weighted by atomic mass is 9.95. The van der Waals surface area contributed by atoms with E-state index in [-0.39, 0.29) is 0 Å². The summed E-state index contributed by atoms with van der Waals surface area (Å²) in [7, 11) is 3.59. The summed E-state index contributed by atoms with van der Waals surface area (Å²) in [5.74, 6) is -0.746. The molecule has 0 spiro atoms. The number of nitrogens with zero attached hydrogens (tertiary/aromatic N) is 1. The Balaban J connectivity index is 4.38. The summed E-state index contributed by atoms with van der Waals surface area (Å²) in [5.41, 5.74) is -0.700. The second-order valence-electron chi connectivity index (χ2n) is 3.22. The van der Waals surface area contributed by atoms with Gasteiger partial charge in [-0.2, -0.15) is 0 Å². The van der Waals surface area contributed by atoms with Crippen molar-refractivity contribution in [2.24, 2.45) is 0 Å². The standard InChI is InChI=1S/C8H17NO2/c1-5-6-8(2,7(10)11)9(3)4/h5-6H2,1-4H3,(H,10,11). The molecule has 0 aromatic rings. The van der Waals surface area contributed by atoms with E-state index in [4.69, 9.17) is 5.11 Å². The Bertz CT molecular complexity index is 145. The number of rotatable bonds is 4. The average Bonchev–Trinajstić information content (AvgIpc) is 1.87. The van der Waals surface area contributed by atoms with Crippen LogP contribution in [-0.2, 0) is 4.79 Å². The number of carbonyl (C=O) groups is 1. The molecule has 1 N–H and O–H groups in total. The Morgan fingerprint density at radius 1 is 1.55 bits per heavy atom. The number of carboxylic acid groups (broad SMARTS) is 1. The molecule has 0 aliphatic rings. The van der Waals surface area contributed by atoms with Gasteiger partial charge in [-0.3, -0.25) is 9.69 Å². The Morgan fingerprint density at radius 3 is 2.09 bits per heavy atom. The molecule has 1 atom stereocenters. The van der Waals surface area contributed by atoms with Crippen LogP contribution < -0.4 is 0 Å². The number of carboxylic acids is 1. The first kappa shape index (κ1) is 10.4.